The molecule has 1 N–H and O–H groups in total. The van der Waals surface area contributed by atoms with Crippen LogP contribution < -0.4 is 14.8 Å². The zero-order valence-corrected chi connectivity index (χ0v) is 15.6. The summed E-state index contributed by atoms with van der Waals surface area (Å²) in [5.41, 5.74) is 6.77. The molecule has 0 spiro atoms. The fourth-order valence-electron chi connectivity index (χ4n) is 3.57. The van der Waals surface area contributed by atoms with Gasteiger partial charge in [0, 0.05) is 23.7 Å². The predicted octanol–water partition coefficient (Wildman–Crippen LogP) is 4.14. The van der Waals surface area contributed by atoms with Gasteiger partial charge in [-0.1, -0.05) is 17.7 Å². The molecule has 2 heterocycles. The molecule has 3 aromatic rings. The molecule has 0 fully saturated rings. The molecule has 5 heteroatoms. The van der Waals surface area contributed by atoms with Crippen molar-refractivity contribution in [2.24, 2.45) is 0 Å². The number of hydrogen-bond acceptors (Lipinski definition) is 4. The van der Waals surface area contributed by atoms with E-state index in [-0.39, 0.29) is 0 Å². The van der Waals surface area contributed by atoms with Gasteiger partial charge in [-0.2, -0.15) is 5.10 Å². The number of benzene rings is 2. The third kappa shape index (κ3) is 2.69. The van der Waals surface area contributed by atoms with Crippen LogP contribution in [0.3, 0.4) is 0 Å². The third-order valence-electron chi connectivity index (χ3n) is 4.86. The number of methoxy groups -OCH3 is 2. The fourth-order valence-corrected chi connectivity index (χ4v) is 3.57. The molecule has 2 aromatic carbocycles. The molecule has 0 amide bonds. The van der Waals surface area contributed by atoms with Crippen LogP contribution in [0, 0.1) is 13.8 Å². The van der Waals surface area contributed by atoms with Crippen molar-refractivity contribution in [3.63, 3.8) is 0 Å². The van der Waals surface area contributed by atoms with Crippen molar-refractivity contribution in [3.8, 4) is 28.4 Å². The number of anilines is 1. The number of ether oxygens (including phenoxy) is 2. The molecule has 0 radical (unpaired) electrons. The summed E-state index contributed by atoms with van der Waals surface area (Å²) in [7, 11) is 3.33. The Morgan fingerprint density at radius 1 is 1.00 bits per heavy atom. The number of nitrogens with one attached hydrogen (secondary N) is 1. The minimum atomic E-state index is 0.764. The zero-order valence-electron chi connectivity index (χ0n) is 15.6. The van der Waals surface area contributed by atoms with Gasteiger partial charge in [-0.05, 0) is 44.0 Å². The van der Waals surface area contributed by atoms with Gasteiger partial charge in [0.15, 0.2) is 0 Å². The Kier molecular flexibility index (Phi) is 4.07. The molecule has 1 aliphatic rings. The summed E-state index contributed by atoms with van der Waals surface area (Å²) >= 11 is 0. The Morgan fingerprint density at radius 2 is 1.73 bits per heavy atom. The highest BCUT2D eigenvalue weighted by atomic mass is 16.5. The van der Waals surface area contributed by atoms with Crippen molar-refractivity contribution in [1.82, 2.24) is 9.78 Å². The molecule has 0 atom stereocenters. The van der Waals surface area contributed by atoms with Crippen LogP contribution in [-0.2, 0) is 6.42 Å². The van der Waals surface area contributed by atoms with Gasteiger partial charge in [-0.3, -0.25) is 0 Å². The van der Waals surface area contributed by atoms with Crippen LogP contribution >= 0.6 is 0 Å². The average Bonchev–Trinajstić information content (AvgIpc) is 3.24. The first-order valence-corrected chi connectivity index (χ1v) is 8.77. The first kappa shape index (κ1) is 16.5. The fraction of sp³-hybridized carbons (Fsp3) is 0.286. The molecule has 0 saturated carbocycles. The number of rotatable bonds is 4. The summed E-state index contributed by atoms with van der Waals surface area (Å²) in [4.78, 5) is 0. The van der Waals surface area contributed by atoms with Crippen molar-refractivity contribution in [1.29, 1.82) is 0 Å². The molecular formula is C21H23N3O2. The van der Waals surface area contributed by atoms with Crippen LogP contribution in [0.2, 0.25) is 0 Å². The Labute approximate surface area is 153 Å². The Balaban J connectivity index is 1.90. The molecule has 0 bridgehead atoms. The standard InChI is InChI=1S/C21H23N3O2/c1-13-5-6-19(14(2)9-13)24-21-18(7-8-22-21)20(23-24)15-10-16(25-3)12-17(11-15)26-4/h5-6,9-12,22H,7-8H2,1-4H3. The van der Waals surface area contributed by atoms with Gasteiger partial charge in [0.25, 0.3) is 0 Å². The normalized spacial score (nSPS) is 12.6. The molecule has 0 unspecified atom stereocenters. The maximum absolute atomic E-state index is 5.43. The van der Waals surface area contributed by atoms with E-state index >= 15 is 0 Å². The number of fused-ring (bicyclic) bond motifs is 1. The lowest BCUT2D eigenvalue weighted by atomic mass is 10.1. The largest absolute Gasteiger partial charge is 0.497 e. The molecular weight excluding hydrogens is 326 g/mol. The van der Waals surface area contributed by atoms with E-state index in [9.17, 15) is 0 Å². The van der Waals surface area contributed by atoms with Crippen LogP contribution in [0.4, 0.5) is 5.82 Å². The van der Waals surface area contributed by atoms with Crippen molar-refractivity contribution >= 4 is 5.82 Å². The molecule has 134 valence electrons. The van der Waals surface area contributed by atoms with E-state index in [2.05, 4.69) is 37.4 Å². The van der Waals surface area contributed by atoms with Gasteiger partial charge < -0.3 is 14.8 Å². The van der Waals surface area contributed by atoms with Crippen LogP contribution in [0.1, 0.15) is 16.7 Å². The van der Waals surface area contributed by atoms with Crippen LogP contribution in [0.25, 0.3) is 16.9 Å². The van der Waals surface area contributed by atoms with E-state index in [1.165, 1.54) is 16.7 Å². The van der Waals surface area contributed by atoms with Gasteiger partial charge in [-0.15, -0.1) is 0 Å². The minimum Gasteiger partial charge on any atom is -0.497 e. The summed E-state index contributed by atoms with van der Waals surface area (Å²) in [6.45, 7) is 5.16. The predicted molar refractivity (Wildman–Crippen MR) is 104 cm³/mol. The summed E-state index contributed by atoms with van der Waals surface area (Å²) in [6.07, 6.45) is 0.953. The summed E-state index contributed by atoms with van der Waals surface area (Å²) in [5.74, 6) is 2.61. The number of hydrogen-bond donors (Lipinski definition) is 1. The zero-order chi connectivity index (χ0) is 18.3. The van der Waals surface area contributed by atoms with Crippen LogP contribution in [0.15, 0.2) is 36.4 Å². The summed E-state index contributed by atoms with van der Waals surface area (Å²) < 4.78 is 12.9. The Morgan fingerprint density at radius 3 is 2.38 bits per heavy atom. The second kappa shape index (κ2) is 6.41. The van der Waals surface area contributed by atoms with Gasteiger partial charge in [0.2, 0.25) is 0 Å². The first-order chi connectivity index (χ1) is 12.6. The van der Waals surface area contributed by atoms with E-state index in [0.717, 1.165) is 47.2 Å². The smallest absolute Gasteiger partial charge is 0.133 e. The van der Waals surface area contributed by atoms with Crippen LogP contribution in [0.5, 0.6) is 11.5 Å². The minimum absolute atomic E-state index is 0.764. The lowest BCUT2D eigenvalue weighted by Gasteiger charge is -2.10. The monoisotopic (exact) mass is 349 g/mol. The molecule has 5 nitrogen and oxygen atoms in total. The molecule has 0 saturated heterocycles. The third-order valence-corrected chi connectivity index (χ3v) is 4.86. The van der Waals surface area contributed by atoms with E-state index in [1.807, 2.05) is 22.9 Å². The van der Waals surface area contributed by atoms with Gasteiger partial charge in [0.05, 0.1) is 25.6 Å². The molecule has 0 aliphatic carbocycles. The SMILES string of the molecule is COc1cc(OC)cc(-c2nn(-c3ccc(C)cc3C)c3c2CCN3)c1. The highest BCUT2D eigenvalue weighted by Gasteiger charge is 2.25. The van der Waals surface area contributed by atoms with Gasteiger partial charge in [-0.25, -0.2) is 4.68 Å². The van der Waals surface area contributed by atoms with E-state index in [4.69, 9.17) is 14.6 Å². The maximum Gasteiger partial charge on any atom is 0.133 e. The molecule has 1 aromatic heterocycles. The second-order valence-corrected chi connectivity index (χ2v) is 6.66. The second-order valence-electron chi connectivity index (χ2n) is 6.66. The van der Waals surface area contributed by atoms with E-state index < -0.39 is 0 Å². The Hall–Kier alpha value is -2.95. The molecule has 4 rings (SSSR count). The quantitative estimate of drug-likeness (QED) is 0.769. The highest BCUT2D eigenvalue weighted by molar-refractivity contribution is 5.75. The topological polar surface area (TPSA) is 48.3 Å². The molecule has 26 heavy (non-hydrogen) atoms. The number of nitrogens with zero attached hydrogens (tertiary/aromatic N) is 2. The number of aromatic nitrogens is 2. The lowest BCUT2D eigenvalue weighted by molar-refractivity contribution is 0.394. The lowest BCUT2D eigenvalue weighted by Crippen LogP contribution is -2.05. The van der Waals surface area contributed by atoms with Crippen molar-refractivity contribution in [2.75, 3.05) is 26.1 Å². The van der Waals surface area contributed by atoms with Gasteiger partial charge >= 0.3 is 0 Å². The van der Waals surface area contributed by atoms with Crippen molar-refractivity contribution < 1.29 is 9.47 Å². The maximum atomic E-state index is 5.43. The average molecular weight is 349 g/mol. The summed E-state index contributed by atoms with van der Waals surface area (Å²) in [6, 6.07) is 12.3. The van der Waals surface area contributed by atoms with Crippen molar-refractivity contribution in [2.45, 2.75) is 20.3 Å². The van der Waals surface area contributed by atoms with E-state index in [1.54, 1.807) is 14.2 Å². The van der Waals surface area contributed by atoms with Gasteiger partial charge in [0.1, 0.15) is 17.3 Å². The van der Waals surface area contributed by atoms with Crippen LogP contribution in [-0.4, -0.2) is 30.5 Å². The highest BCUT2D eigenvalue weighted by Crippen LogP contribution is 2.38. The van der Waals surface area contributed by atoms with E-state index in [0.29, 0.717) is 0 Å². The summed E-state index contributed by atoms with van der Waals surface area (Å²) in [5, 5.41) is 8.45. The van der Waals surface area contributed by atoms with Crippen molar-refractivity contribution in [3.05, 3.63) is 53.1 Å². The Bertz CT molecular complexity index is 953. The molecule has 1 aliphatic heterocycles. The number of aryl methyl sites for hydroxylation is 2. The first-order valence-electron chi connectivity index (χ1n) is 8.77.